The molecule has 1 aliphatic rings. The summed E-state index contributed by atoms with van der Waals surface area (Å²) in [6.45, 7) is 4.12. The molecule has 0 aliphatic carbocycles. The highest BCUT2D eigenvalue weighted by Gasteiger charge is 2.16. The molecule has 0 spiro atoms. The maximum Gasteiger partial charge on any atom is 0.170 e. The molecule has 0 amide bonds. The lowest BCUT2D eigenvalue weighted by molar-refractivity contribution is 0.0989. The molecule has 0 N–H and O–H groups in total. The number of carbonyl (C=O) groups is 1. The first-order valence-corrected chi connectivity index (χ1v) is 6.87. The Hall–Kier alpha value is -2.01. The Bertz CT molecular complexity index is 634. The van der Waals surface area contributed by atoms with E-state index in [1.165, 1.54) is 11.9 Å². The highest BCUT2D eigenvalue weighted by atomic mass is 16.5. The lowest BCUT2D eigenvalue weighted by Crippen LogP contribution is -2.11. The van der Waals surface area contributed by atoms with Crippen LogP contribution in [0.25, 0.3) is 0 Å². The molecule has 5 heteroatoms. The van der Waals surface area contributed by atoms with Crippen LogP contribution in [0.5, 0.6) is 0 Å². The van der Waals surface area contributed by atoms with Crippen LogP contribution in [0, 0.1) is 0 Å². The molecule has 20 heavy (non-hydrogen) atoms. The third-order valence-electron chi connectivity index (χ3n) is 3.49. The summed E-state index contributed by atoms with van der Waals surface area (Å²) in [5, 5.41) is 4.14. The van der Waals surface area contributed by atoms with E-state index in [0.29, 0.717) is 19.6 Å². The minimum absolute atomic E-state index is 0.0741. The Labute approximate surface area is 117 Å². The monoisotopic (exact) mass is 271 g/mol. The number of ether oxygens (including phenoxy) is 1. The molecule has 1 aromatic heterocycles. The number of hydrogen-bond acceptors (Lipinski definition) is 4. The fourth-order valence-electron chi connectivity index (χ4n) is 2.41. The second-order valence-electron chi connectivity index (χ2n) is 4.98. The third-order valence-corrected chi connectivity index (χ3v) is 3.49. The Morgan fingerprint density at radius 3 is 3.05 bits per heavy atom. The highest BCUT2D eigenvalue weighted by molar-refractivity contribution is 5.97. The molecule has 1 aromatic carbocycles. The molecular weight excluding hydrogens is 254 g/mol. The summed E-state index contributed by atoms with van der Waals surface area (Å²) in [5.74, 6) is 0.804. The molecule has 1 aliphatic heterocycles. The molecule has 0 bridgehead atoms. The van der Waals surface area contributed by atoms with E-state index in [0.717, 1.165) is 29.9 Å². The van der Waals surface area contributed by atoms with Crippen LogP contribution in [0.15, 0.2) is 24.5 Å². The van der Waals surface area contributed by atoms with Crippen LogP contribution in [-0.4, -0.2) is 20.5 Å². The summed E-state index contributed by atoms with van der Waals surface area (Å²) >= 11 is 0. The van der Waals surface area contributed by atoms with Crippen molar-refractivity contribution in [2.75, 3.05) is 0 Å². The van der Waals surface area contributed by atoms with Crippen LogP contribution in [-0.2, 0) is 30.9 Å². The van der Waals surface area contributed by atoms with Crippen LogP contribution in [0.4, 0.5) is 0 Å². The van der Waals surface area contributed by atoms with Gasteiger partial charge in [0.2, 0.25) is 0 Å². The molecular formula is C15H17N3O2. The molecule has 0 atom stereocenters. The van der Waals surface area contributed by atoms with Gasteiger partial charge < -0.3 is 4.74 Å². The lowest BCUT2D eigenvalue weighted by atomic mass is 10.0. The number of carbonyl (C=O) groups excluding carboxylic acids is 1. The van der Waals surface area contributed by atoms with Gasteiger partial charge in [0.1, 0.15) is 12.2 Å². The third kappa shape index (κ3) is 2.49. The Morgan fingerprint density at radius 2 is 2.20 bits per heavy atom. The van der Waals surface area contributed by atoms with Crippen LogP contribution in [0.3, 0.4) is 0 Å². The van der Waals surface area contributed by atoms with Gasteiger partial charge in [0, 0.05) is 12.1 Å². The number of nitrogens with zero attached hydrogens (tertiary/aromatic N) is 3. The molecule has 0 unspecified atom stereocenters. The molecule has 104 valence electrons. The first-order valence-electron chi connectivity index (χ1n) is 6.87. The lowest BCUT2D eigenvalue weighted by Gasteiger charge is -2.05. The molecule has 2 aromatic rings. The molecule has 3 rings (SSSR count). The second kappa shape index (κ2) is 5.54. The van der Waals surface area contributed by atoms with Gasteiger partial charge >= 0.3 is 0 Å². The number of benzene rings is 1. The van der Waals surface area contributed by atoms with Gasteiger partial charge in [-0.25, -0.2) is 9.67 Å². The summed E-state index contributed by atoms with van der Waals surface area (Å²) in [6.07, 6.45) is 2.77. The van der Waals surface area contributed by atoms with Gasteiger partial charge in [-0.05, 0) is 23.6 Å². The maximum absolute atomic E-state index is 12.3. The predicted molar refractivity (Wildman–Crippen MR) is 73.3 cm³/mol. The van der Waals surface area contributed by atoms with Crippen molar-refractivity contribution in [3.8, 4) is 0 Å². The largest absolute Gasteiger partial charge is 0.372 e. The number of fused-ring (bicyclic) bond motifs is 1. The van der Waals surface area contributed by atoms with Gasteiger partial charge in [-0.2, -0.15) is 5.10 Å². The molecule has 5 nitrogen and oxygen atoms in total. The van der Waals surface area contributed by atoms with Crippen molar-refractivity contribution in [1.82, 2.24) is 14.8 Å². The predicted octanol–water partition coefficient (Wildman–Crippen LogP) is 2.14. The summed E-state index contributed by atoms with van der Waals surface area (Å²) in [7, 11) is 0. The molecule has 0 radical (unpaired) electrons. The van der Waals surface area contributed by atoms with Gasteiger partial charge in [-0.3, -0.25) is 4.79 Å². The molecule has 2 heterocycles. The minimum Gasteiger partial charge on any atom is -0.372 e. The maximum atomic E-state index is 12.3. The fourth-order valence-corrected chi connectivity index (χ4v) is 2.41. The van der Waals surface area contributed by atoms with Crippen LogP contribution >= 0.6 is 0 Å². The summed E-state index contributed by atoms with van der Waals surface area (Å²) in [6, 6.07) is 5.79. The smallest absolute Gasteiger partial charge is 0.170 e. The fraction of sp³-hybridized carbons (Fsp3) is 0.400. The van der Waals surface area contributed by atoms with E-state index in [1.54, 1.807) is 4.68 Å². The number of ketones is 1. The first kappa shape index (κ1) is 13.0. The van der Waals surface area contributed by atoms with E-state index in [9.17, 15) is 4.79 Å². The number of aromatic nitrogens is 3. The van der Waals surface area contributed by atoms with E-state index < -0.39 is 0 Å². The van der Waals surface area contributed by atoms with E-state index in [4.69, 9.17) is 4.74 Å². The van der Waals surface area contributed by atoms with E-state index >= 15 is 0 Å². The quantitative estimate of drug-likeness (QED) is 0.782. The van der Waals surface area contributed by atoms with Crippen molar-refractivity contribution in [2.45, 2.75) is 39.5 Å². The van der Waals surface area contributed by atoms with Gasteiger partial charge in [0.05, 0.1) is 19.6 Å². The highest BCUT2D eigenvalue weighted by Crippen LogP contribution is 2.21. The van der Waals surface area contributed by atoms with Crippen molar-refractivity contribution < 1.29 is 9.53 Å². The Balaban J connectivity index is 1.77. The van der Waals surface area contributed by atoms with E-state index in [1.807, 2.05) is 18.2 Å². The van der Waals surface area contributed by atoms with Gasteiger partial charge in [-0.15, -0.1) is 0 Å². The second-order valence-corrected chi connectivity index (χ2v) is 4.98. The minimum atomic E-state index is 0.0741. The van der Waals surface area contributed by atoms with Crippen LogP contribution in [0.1, 0.15) is 40.7 Å². The summed E-state index contributed by atoms with van der Waals surface area (Å²) < 4.78 is 7.17. The van der Waals surface area contributed by atoms with E-state index in [-0.39, 0.29) is 5.78 Å². The SMILES string of the molecule is CCCn1ncnc1CC(=O)c1ccc2c(c1)COC2. The van der Waals surface area contributed by atoms with E-state index in [2.05, 4.69) is 17.0 Å². The van der Waals surface area contributed by atoms with Crippen molar-refractivity contribution in [3.05, 3.63) is 47.0 Å². The zero-order valence-corrected chi connectivity index (χ0v) is 11.5. The van der Waals surface area contributed by atoms with Crippen molar-refractivity contribution >= 4 is 5.78 Å². The van der Waals surface area contributed by atoms with Crippen molar-refractivity contribution in [3.63, 3.8) is 0 Å². The van der Waals surface area contributed by atoms with Crippen LogP contribution in [0.2, 0.25) is 0 Å². The Morgan fingerprint density at radius 1 is 1.35 bits per heavy atom. The topological polar surface area (TPSA) is 57.0 Å². The first-order chi connectivity index (χ1) is 9.78. The van der Waals surface area contributed by atoms with Crippen molar-refractivity contribution in [1.29, 1.82) is 0 Å². The summed E-state index contributed by atoms with van der Waals surface area (Å²) in [4.78, 5) is 16.5. The zero-order valence-electron chi connectivity index (χ0n) is 11.5. The average Bonchev–Trinajstić information content (AvgIpc) is 3.07. The number of rotatable bonds is 5. The molecule has 0 saturated heterocycles. The standard InChI is InChI=1S/C15H17N3O2/c1-2-5-18-15(16-10-17-18)7-14(19)11-3-4-12-8-20-9-13(12)6-11/h3-4,6,10H,2,5,7-9H2,1H3. The Kier molecular flexibility index (Phi) is 3.60. The van der Waals surface area contributed by atoms with Gasteiger partial charge in [0.15, 0.2) is 5.78 Å². The summed E-state index contributed by atoms with van der Waals surface area (Å²) in [5.41, 5.74) is 3.02. The van der Waals surface area contributed by atoms with Gasteiger partial charge in [0.25, 0.3) is 0 Å². The molecule has 0 fully saturated rings. The average molecular weight is 271 g/mol. The van der Waals surface area contributed by atoms with Crippen molar-refractivity contribution in [2.24, 2.45) is 0 Å². The number of aryl methyl sites for hydroxylation is 1. The van der Waals surface area contributed by atoms with Gasteiger partial charge in [-0.1, -0.05) is 19.1 Å². The van der Waals surface area contributed by atoms with Crippen LogP contribution < -0.4 is 0 Å². The number of hydrogen-bond donors (Lipinski definition) is 0. The normalized spacial score (nSPS) is 13.4. The molecule has 0 saturated carbocycles. The zero-order chi connectivity index (χ0) is 13.9. The number of Topliss-reactive ketones (excluding diaryl/α,β-unsaturated/α-hetero) is 1.